The molecule has 3 rings (SSSR count). The highest BCUT2D eigenvalue weighted by Crippen LogP contribution is 2.29. The van der Waals surface area contributed by atoms with E-state index in [4.69, 9.17) is 16.9 Å². The number of nitrogens with zero attached hydrogens (tertiary/aromatic N) is 2. The molecule has 0 amide bonds. The molecular weight excluding hydrogens is 266 g/mol. The summed E-state index contributed by atoms with van der Waals surface area (Å²) in [6.45, 7) is 0. The molecule has 1 aromatic carbocycles. The summed E-state index contributed by atoms with van der Waals surface area (Å²) in [4.78, 5) is 4.63. The Morgan fingerprint density at radius 2 is 2.00 bits per heavy atom. The van der Waals surface area contributed by atoms with Crippen molar-refractivity contribution in [1.82, 2.24) is 4.98 Å². The quantitative estimate of drug-likeness (QED) is 0.915. The second-order valence-electron chi connectivity index (χ2n) is 4.27. The molecule has 2 aromatic rings. The van der Waals surface area contributed by atoms with Gasteiger partial charge in [0.2, 0.25) is 0 Å². The maximum absolute atomic E-state index is 8.84. The smallest absolute Gasteiger partial charge is 0.185 e. The fraction of sp³-hybridized carbons (Fsp3) is 0.231. The first kappa shape index (κ1) is 11.5. The van der Waals surface area contributed by atoms with Crippen LogP contribution in [0.2, 0.25) is 5.15 Å². The van der Waals surface area contributed by atoms with Crippen LogP contribution in [0.15, 0.2) is 24.3 Å². The minimum atomic E-state index is 0.292. The molecule has 1 aliphatic carbocycles. The van der Waals surface area contributed by atoms with Crippen LogP contribution >= 0.6 is 22.9 Å². The van der Waals surface area contributed by atoms with Gasteiger partial charge in [0.25, 0.3) is 0 Å². The summed E-state index contributed by atoms with van der Waals surface area (Å²) in [5, 5.41) is 13.2. The molecule has 0 atom stereocenters. The lowest BCUT2D eigenvalue weighted by molar-refractivity contribution is 0.773. The number of benzene rings is 1. The zero-order chi connectivity index (χ0) is 12.5. The molecule has 1 aliphatic rings. The van der Waals surface area contributed by atoms with E-state index in [0.29, 0.717) is 16.1 Å². The number of nitriles is 1. The number of fused-ring (bicyclic) bond motifs is 1. The van der Waals surface area contributed by atoms with Crippen molar-refractivity contribution < 1.29 is 0 Å². The molecule has 90 valence electrons. The van der Waals surface area contributed by atoms with E-state index in [1.807, 2.05) is 6.07 Å². The van der Waals surface area contributed by atoms with Crippen molar-refractivity contribution in [3.8, 4) is 6.07 Å². The highest BCUT2D eigenvalue weighted by atomic mass is 35.5. The van der Waals surface area contributed by atoms with Crippen molar-refractivity contribution in [2.45, 2.75) is 18.9 Å². The first-order chi connectivity index (χ1) is 8.76. The van der Waals surface area contributed by atoms with Crippen LogP contribution in [0.1, 0.15) is 16.0 Å². The Labute approximate surface area is 114 Å². The lowest BCUT2D eigenvalue weighted by Crippen LogP contribution is -2.19. The molecule has 0 radical (unpaired) electrons. The number of hydrogen-bond donors (Lipinski definition) is 1. The average molecular weight is 276 g/mol. The summed E-state index contributed by atoms with van der Waals surface area (Å²) in [6.07, 6.45) is 1.99. The van der Waals surface area contributed by atoms with Gasteiger partial charge in [-0.1, -0.05) is 47.2 Å². The average Bonchev–Trinajstić information content (AvgIpc) is 2.92. The van der Waals surface area contributed by atoms with Crippen LogP contribution in [0.4, 0.5) is 5.13 Å². The van der Waals surface area contributed by atoms with Gasteiger partial charge in [-0.05, 0) is 24.0 Å². The number of hydrogen-bond acceptors (Lipinski definition) is 4. The van der Waals surface area contributed by atoms with Crippen molar-refractivity contribution in [2.75, 3.05) is 5.32 Å². The zero-order valence-electron chi connectivity index (χ0n) is 9.48. The molecule has 1 aromatic heterocycles. The molecule has 0 bridgehead atoms. The van der Waals surface area contributed by atoms with Crippen LogP contribution in [0.5, 0.6) is 0 Å². The van der Waals surface area contributed by atoms with E-state index < -0.39 is 0 Å². The van der Waals surface area contributed by atoms with Crippen LogP contribution in [-0.2, 0) is 12.8 Å². The zero-order valence-corrected chi connectivity index (χ0v) is 11.1. The molecule has 0 fully saturated rings. The van der Waals surface area contributed by atoms with Crippen LogP contribution in [0.3, 0.4) is 0 Å². The van der Waals surface area contributed by atoms with Gasteiger partial charge in [0.1, 0.15) is 10.9 Å². The van der Waals surface area contributed by atoms with Gasteiger partial charge in [0.05, 0.1) is 0 Å². The summed E-state index contributed by atoms with van der Waals surface area (Å²) in [5.41, 5.74) is 2.77. The summed E-state index contributed by atoms with van der Waals surface area (Å²) in [6, 6.07) is 10.8. The number of rotatable bonds is 2. The first-order valence-corrected chi connectivity index (χ1v) is 6.85. The highest BCUT2D eigenvalue weighted by molar-refractivity contribution is 7.16. The van der Waals surface area contributed by atoms with Gasteiger partial charge in [-0.25, -0.2) is 4.98 Å². The Morgan fingerprint density at radius 3 is 2.56 bits per heavy atom. The summed E-state index contributed by atoms with van der Waals surface area (Å²) in [5.74, 6) is 0. The van der Waals surface area contributed by atoms with E-state index in [0.717, 1.165) is 18.0 Å². The molecule has 0 saturated heterocycles. The Morgan fingerprint density at radius 1 is 1.33 bits per heavy atom. The minimum Gasteiger partial charge on any atom is -0.358 e. The van der Waals surface area contributed by atoms with E-state index in [-0.39, 0.29) is 0 Å². The first-order valence-electron chi connectivity index (χ1n) is 5.66. The lowest BCUT2D eigenvalue weighted by atomic mass is 10.1. The molecule has 1 heterocycles. The number of halogens is 1. The molecule has 3 nitrogen and oxygen atoms in total. The third kappa shape index (κ3) is 2.07. The summed E-state index contributed by atoms with van der Waals surface area (Å²) >= 11 is 7.17. The maximum atomic E-state index is 8.84. The van der Waals surface area contributed by atoms with Crippen molar-refractivity contribution in [1.29, 1.82) is 5.26 Å². The SMILES string of the molecule is N#Cc1sc(NC2Cc3ccccc3C2)nc1Cl. The van der Waals surface area contributed by atoms with E-state index in [1.165, 1.54) is 22.5 Å². The van der Waals surface area contributed by atoms with E-state index in [2.05, 4.69) is 34.6 Å². The van der Waals surface area contributed by atoms with Crippen LogP contribution in [0, 0.1) is 11.3 Å². The normalized spacial score (nSPS) is 14.2. The van der Waals surface area contributed by atoms with E-state index >= 15 is 0 Å². The molecular formula is C13H10ClN3S. The largest absolute Gasteiger partial charge is 0.358 e. The molecule has 0 unspecified atom stereocenters. The second kappa shape index (κ2) is 4.60. The summed E-state index contributed by atoms with van der Waals surface area (Å²) < 4.78 is 0. The Balaban J connectivity index is 1.74. The van der Waals surface area contributed by atoms with Crippen molar-refractivity contribution in [2.24, 2.45) is 0 Å². The van der Waals surface area contributed by atoms with E-state index in [9.17, 15) is 0 Å². The third-order valence-electron chi connectivity index (χ3n) is 3.07. The topological polar surface area (TPSA) is 48.7 Å². The van der Waals surface area contributed by atoms with Gasteiger partial charge in [-0.2, -0.15) is 5.26 Å². The number of thiazole rings is 1. The molecule has 0 aliphatic heterocycles. The molecule has 1 N–H and O–H groups in total. The molecule has 5 heteroatoms. The molecule has 18 heavy (non-hydrogen) atoms. The van der Waals surface area contributed by atoms with Gasteiger partial charge >= 0.3 is 0 Å². The standard InChI is InChI=1S/C13H10ClN3S/c14-12-11(7-15)18-13(17-12)16-10-5-8-3-1-2-4-9(8)6-10/h1-4,10H,5-6H2,(H,16,17). The number of nitrogens with one attached hydrogen (secondary N) is 1. The maximum Gasteiger partial charge on any atom is 0.185 e. The Kier molecular flexibility index (Phi) is 2.94. The fourth-order valence-electron chi connectivity index (χ4n) is 2.27. The third-order valence-corrected chi connectivity index (χ3v) is 4.34. The molecule has 0 spiro atoms. The minimum absolute atomic E-state index is 0.292. The van der Waals surface area contributed by atoms with Crippen LogP contribution in [-0.4, -0.2) is 11.0 Å². The van der Waals surface area contributed by atoms with Crippen LogP contribution in [0.25, 0.3) is 0 Å². The summed E-state index contributed by atoms with van der Waals surface area (Å²) in [7, 11) is 0. The predicted octanol–water partition coefficient (Wildman–Crippen LogP) is 3.25. The van der Waals surface area contributed by atoms with Gasteiger partial charge < -0.3 is 5.32 Å². The number of anilines is 1. The fourth-order valence-corrected chi connectivity index (χ4v) is 3.29. The highest BCUT2D eigenvalue weighted by Gasteiger charge is 2.22. The van der Waals surface area contributed by atoms with Gasteiger partial charge in [0.15, 0.2) is 10.3 Å². The van der Waals surface area contributed by atoms with Gasteiger partial charge in [-0.3, -0.25) is 0 Å². The predicted molar refractivity (Wildman–Crippen MR) is 73.1 cm³/mol. The van der Waals surface area contributed by atoms with Crippen molar-refractivity contribution in [3.63, 3.8) is 0 Å². The van der Waals surface area contributed by atoms with Crippen LogP contribution < -0.4 is 5.32 Å². The Hall–Kier alpha value is -1.57. The van der Waals surface area contributed by atoms with E-state index in [1.54, 1.807) is 0 Å². The second-order valence-corrected chi connectivity index (χ2v) is 5.63. The lowest BCUT2D eigenvalue weighted by Gasteiger charge is -2.09. The van der Waals surface area contributed by atoms with Crippen molar-refractivity contribution >= 4 is 28.1 Å². The van der Waals surface area contributed by atoms with Crippen molar-refractivity contribution in [3.05, 3.63) is 45.4 Å². The molecule has 0 saturated carbocycles. The number of aromatic nitrogens is 1. The monoisotopic (exact) mass is 275 g/mol. The van der Waals surface area contributed by atoms with Gasteiger partial charge in [-0.15, -0.1) is 0 Å². The van der Waals surface area contributed by atoms with Gasteiger partial charge in [0, 0.05) is 6.04 Å². The Bertz CT molecular complexity index is 604.